The standard InChI is InChI=1S/C7H15N2O/c1-7(2)6-9(10)5-4-8(7)3/h4-6H2,1-3H3/q-1. The molecule has 1 rings (SSSR count). The highest BCUT2D eigenvalue weighted by atomic mass is 16.5. The molecule has 0 spiro atoms. The predicted molar refractivity (Wildman–Crippen MR) is 41.6 cm³/mol. The number of likely N-dealkylation sites (N-methyl/N-ethyl adjacent to an activating group) is 1. The van der Waals surface area contributed by atoms with Crippen molar-refractivity contribution in [2.24, 2.45) is 0 Å². The van der Waals surface area contributed by atoms with E-state index >= 15 is 0 Å². The zero-order valence-electron chi connectivity index (χ0n) is 6.92. The van der Waals surface area contributed by atoms with E-state index in [-0.39, 0.29) is 5.54 Å². The van der Waals surface area contributed by atoms with Crippen molar-refractivity contribution in [1.29, 1.82) is 0 Å². The van der Waals surface area contributed by atoms with Gasteiger partial charge < -0.3 is 10.3 Å². The quantitative estimate of drug-likeness (QED) is 0.495. The van der Waals surface area contributed by atoms with Crippen LogP contribution in [0.1, 0.15) is 13.8 Å². The van der Waals surface area contributed by atoms with Gasteiger partial charge in [0.05, 0.1) is 0 Å². The van der Waals surface area contributed by atoms with Gasteiger partial charge in [-0.1, -0.05) is 0 Å². The van der Waals surface area contributed by atoms with Gasteiger partial charge in [-0.25, -0.2) is 0 Å². The first-order valence-electron chi connectivity index (χ1n) is 3.66. The summed E-state index contributed by atoms with van der Waals surface area (Å²) in [5.74, 6) is 0. The molecule has 0 amide bonds. The van der Waals surface area contributed by atoms with Crippen LogP contribution >= 0.6 is 0 Å². The van der Waals surface area contributed by atoms with E-state index in [9.17, 15) is 5.21 Å². The average Bonchev–Trinajstić information content (AvgIpc) is 1.78. The third kappa shape index (κ3) is 1.48. The first-order valence-corrected chi connectivity index (χ1v) is 3.66. The van der Waals surface area contributed by atoms with Crippen LogP contribution < -0.4 is 0 Å². The van der Waals surface area contributed by atoms with Crippen LogP contribution in [0.5, 0.6) is 0 Å². The maximum absolute atomic E-state index is 10.9. The molecule has 0 atom stereocenters. The molecule has 0 N–H and O–H groups in total. The molecule has 0 aromatic heterocycles. The molecule has 1 heterocycles. The minimum absolute atomic E-state index is 0.0556. The Bertz CT molecular complexity index is 125. The second kappa shape index (κ2) is 2.49. The highest BCUT2D eigenvalue weighted by Crippen LogP contribution is 2.17. The molecule has 0 aliphatic carbocycles. The third-order valence-electron chi connectivity index (χ3n) is 2.28. The van der Waals surface area contributed by atoms with E-state index in [1.165, 1.54) is 0 Å². The first kappa shape index (κ1) is 7.98. The van der Waals surface area contributed by atoms with Crippen LogP contribution in [-0.2, 0) is 0 Å². The maximum atomic E-state index is 10.9. The molecule has 1 fully saturated rings. The van der Waals surface area contributed by atoms with Crippen LogP contribution in [0.2, 0.25) is 0 Å². The molecule has 0 radical (unpaired) electrons. The average molecular weight is 143 g/mol. The second-order valence-electron chi connectivity index (χ2n) is 3.60. The van der Waals surface area contributed by atoms with E-state index in [0.717, 1.165) is 11.6 Å². The van der Waals surface area contributed by atoms with Crippen molar-refractivity contribution in [2.75, 3.05) is 26.7 Å². The summed E-state index contributed by atoms with van der Waals surface area (Å²) in [5, 5.41) is 12.1. The van der Waals surface area contributed by atoms with Gasteiger partial charge in [-0.15, -0.1) is 0 Å². The van der Waals surface area contributed by atoms with Crippen LogP contribution in [0.15, 0.2) is 0 Å². The Labute approximate surface area is 62.2 Å². The van der Waals surface area contributed by atoms with Crippen LogP contribution in [-0.4, -0.2) is 42.2 Å². The Morgan fingerprint density at radius 3 is 2.30 bits per heavy atom. The molecular formula is C7H15N2O-. The van der Waals surface area contributed by atoms with Crippen molar-refractivity contribution in [3.05, 3.63) is 5.21 Å². The molecule has 60 valence electrons. The molecule has 0 saturated carbocycles. The number of nitrogens with zero attached hydrogens (tertiary/aromatic N) is 2. The molecular weight excluding hydrogens is 128 g/mol. The molecule has 1 saturated heterocycles. The summed E-state index contributed by atoms with van der Waals surface area (Å²) in [6.07, 6.45) is 0. The molecule has 0 aromatic carbocycles. The van der Waals surface area contributed by atoms with Gasteiger partial charge in [0.1, 0.15) is 0 Å². The van der Waals surface area contributed by atoms with Gasteiger partial charge in [0.15, 0.2) is 0 Å². The fraction of sp³-hybridized carbons (Fsp3) is 1.00. The van der Waals surface area contributed by atoms with E-state index in [1.807, 2.05) is 0 Å². The van der Waals surface area contributed by atoms with Crippen molar-refractivity contribution in [2.45, 2.75) is 19.4 Å². The number of hydrogen-bond donors (Lipinski definition) is 0. The molecule has 0 unspecified atom stereocenters. The lowest BCUT2D eigenvalue weighted by Gasteiger charge is -2.48. The number of hydroxylamine groups is 2. The SMILES string of the molecule is CN1CCN([O-])CC1(C)C. The van der Waals surface area contributed by atoms with Gasteiger partial charge in [-0.3, -0.25) is 4.90 Å². The largest absolute Gasteiger partial charge is 0.785 e. The third-order valence-corrected chi connectivity index (χ3v) is 2.28. The van der Waals surface area contributed by atoms with E-state index in [0.29, 0.717) is 13.1 Å². The van der Waals surface area contributed by atoms with Crippen molar-refractivity contribution in [3.8, 4) is 0 Å². The predicted octanol–water partition coefficient (Wildman–Crippen LogP) is 0.510. The van der Waals surface area contributed by atoms with Crippen LogP contribution in [0.4, 0.5) is 0 Å². The minimum atomic E-state index is 0.0556. The van der Waals surface area contributed by atoms with Gasteiger partial charge in [0, 0.05) is 18.6 Å². The lowest BCUT2D eigenvalue weighted by Crippen LogP contribution is -2.55. The zero-order valence-corrected chi connectivity index (χ0v) is 6.92. The highest BCUT2D eigenvalue weighted by Gasteiger charge is 2.26. The summed E-state index contributed by atoms with van der Waals surface area (Å²) in [5.41, 5.74) is 0.0556. The first-order chi connectivity index (χ1) is 4.52. The summed E-state index contributed by atoms with van der Waals surface area (Å²) in [6.45, 7) is 6.36. The number of hydrogen-bond acceptors (Lipinski definition) is 3. The summed E-state index contributed by atoms with van der Waals surface area (Å²) in [7, 11) is 2.06. The van der Waals surface area contributed by atoms with Crippen molar-refractivity contribution in [1.82, 2.24) is 9.96 Å². The molecule has 3 nitrogen and oxygen atoms in total. The minimum Gasteiger partial charge on any atom is -0.785 e. The van der Waals surface area contributed by atoms with Crippen molar-refractivity contribution < 1.29 is 0 Å². The normalized spacial score (nSPS) is 28.8. The molecule has 10 heavy (non-hydrogen) atoms. The topological polar surface area (TPSA) is 29.5 Å². The number of rotatable bonds is 0. The fourth-order valence-electron chi connectivity index (χ4n) is 1.20. The lowest BCUT2D eigenvalue weighted by atomic mass is 10.0. The van der Waals surface area contributed by atoms with Crippen LogP contribution in [0.3, 0.4) is 0 Å². The van der Waals surface area contributed by atoms with Crippen molar-refractivity contribution >= 4 is 0 Å². The summed E-state index contributed by atoms with van der Waals surface area (Å²) < 4.78 is 0. The van der Waals surface area contributed by atoms with E-state index < -0.39 is 0 Å². The Morgan fingerprint density at radius 2 is 1.90 bits per heavy atom. The Hall–Kier alpha value is -0.120. The monoisotopic (exact) mass is 143 g/mol. The summed E-state index contributed by atoms with van der Waals surface area (Å²) in [4.78, 5) is 2.22. The molecule has 0 aromatic rings. The van der Waals surface area contributed by atoms with E-state index in [1.54, 1.807) is 0 Å². The maximum Gasteiger partial charge on any atom is 0.0268 e. The second-order valence-corrected chi connectivity index (χ2v) is 3.60. The van der Waals surface area contributed by atoms with Gasteiger partial charge >= 0.3 is 0 Å². The summed E-state index contributed by atoms with van der Waals surface area (Å²) in [6, 6.07) is 0. The van der Waals surface area contributed by atoms with Crippen molar-refractivity contribution in [3.63, 3.8) is 0 Å². The smallest absolute Gasteiger partial charge is 0.0268 e. The molecule has 3 heteroatoms. The van der Waals surface area contributed by atoms with Gasteiger partial charge in [0.2, 0.25) is 0 Å². The lowest BCUT2D eigenvalue weighted by molar-refractivity contribution is 0.0647. The molecule has 0 bridgehead atoms. The highest BCUT2D eigenvalue weighted by molar-refractivity contribution is 4.88. The van der Waals surface area contributed by atoms with Gasteiger partial charge in [-0.2, -0.15) is 0 Å². The molecule has 1 aliphatic heterocycles. The Morgan fingerprint density at radius 1 is 1.30 bits per heavy atom. The van der Waals surface area contributed by atoms with Gasteiger partial charge in [0.25, 0.3) is 0 Å². The Kier molecular flexibility index (Phi) is 1.99. The summed E-state index contributed by atoms with van der Waals surface area (Å²) >= 11 is 0. The zero-order chi connectivity index (χ0) is 7.78. The Balaban J connectivity index is 2.55. The van der Waals surface area contributed by atoms with Gasteiger partial charge in [-0.05, 0) is 27.4 Å². The fourth-order valence-corrected chi connectivity index (χ4v) is 1.20. The van der Waals surface area contributed by atoms with E-state index in [2.05, 4.69) is 25.8 Å². The van der Waals surface area contributed by atoms with Crippen LogP contribution in [0.25, 0.3) is 0 Å². The van der Waals surface area contributed by atoms with Crippen LogP contribution in [0, 0.1) is 5.21 Å². The van der Waals surface area contributed by atoms with E-state index in [4.69, 9.17) is 0 Å². The molecule has 1 aliphatic rings. The number of piperazine rings is 1.